The molecule has 3 nitrogen and oxygen atoms in total. The molecule has 2 heterocycles. The number of hydrogen-bond acceptors (Lipinski definition) is 2. The Labute approximate surface area is 144 Å². The second-order valence-electron chi connectivity index (χ2n) is 5.45. The Bertz CT molecular complexity index is 666. The molecule has 1 amide bonds. The molecule has 1 saturated heterocycles. The number of thiophene rings is 1. The molecule has 1 aromatic heterocycles. The summed E-state index contributed by atoms with van der Waals surface area (Å²) in [6.07, 6.45) is 0. The summed E-state index contributed by atoms with van der Waals surface area (Å²) in [5.41, 5.74) is 1.24. The number of benzene rings is 1. The van der Waals surface area contributed by atoms with Gasteiger partial charge in [0.1, 0.15) is 6.54 Å². The van der Waals surface area contributed by atoms with Crippen molar-refractivity contribution in [3.8, 4) is 0 Å². The van der Waals surface area contributed by atoms with Crippen molar-refractivity contribution in [3.63, 3.8) is 0 Å². The van der Waals surface area contributed by atoms with Crippen LogP contribution in [0.1, 0.15) is 15.2 Å². The predicted molar refractivity (Wildman–Crippen MR) is 91.1 cm³/mol. The van der Waals surface area contributed by atoms with E-state index in [9.17, 15) is 4.79 Å². The van der Waals surface area contributed by atoms with Crippen LogP contribution in [0.5, 0.6) is 0 Å². The molecular weight excluding hydrogens is 339 g/mol. The van der Waals surface area contributed by atoms with Gasteiger partial charge in [0.15, 0.2) is 0 Å². The van der Waals surface area contributed by atoms with Crippen LogP contribution in [0.25, 0.3) is 0 Å². The van der Waals surface area contributed by atoms with Crippen LogP contribution >= 0.6 is 34.5 Å². The fourth-order valence-corrected chi connectivity index (χ4v) is 3.95. The van der Waals surface area contributed by atoms with Gasteiger partial charge >= 0.3 is 0 Å². The van der Waals surface area contributed by atoms with Crippen molar-refractivity contribution < 1.29 is 9.69 Å². The first kappa shape index (κ1) is 15.8. The van der Waals surface area contributed by atoms with Gasteiger partial charge in [0.25, 0.3) is 5.91 Å². The number of rotatable bonds is 3. The maximum Gasteiger partial charge on any atom is 0.264 e. The van der Waals surface area contributed by atoms with E-state index in [1.807, 2.05) is 23.1 Å². The monoisotopic (exact) mass is 355 g/mol. The summed E-state index contributed by atoms with van der Waals surface area (Å²) >= 11 is 13.3. The minimum atomic E-state index is 0.0960. The summed E-state index contributed by atoms with van der Waals surface area (Å²) in [5, 5.41) is 0.778. The average molecular weight is 356 g/mol. The number of hydrogen-bond donors (Lipinski definition) is 1. The minimum absolute atomic E-state index is 0.0960. The molecule has 3 rings (SSSR count). The molecule has 0 bridgehead atoms. The molecule has 0 atom stereocenters. The third-order valence-electron chi connectivity index (χ3n) is 3.88. The molecule has 0 spiro atoms. The number of piperazine rings is 1. The standard InChI is InChI=1S/C16H16Cl2N2OS/c17-13-3-1-2-12(10-13)11-19-6-8-20(9-7-19)16(21)14-4-5-15(18)22-14/h1-5,10H,6-9,11H2/p+1. The molecule has 0 unspecified atom stereocenters. The number of amides is 1. The van der Waals surface area contributed by atoms with Crippen LogP contribution in [0.15, 0.2) is 36.4 Å². The summed E-state index contributed by atoms with van der Waals surface area (Å²) in [6.45, 7) is 4.43. The molecule has 1 aromatic carbocycles. The number of nitrogens with zero attached hydrogens (tertiary/aromatic N) is 1. The molecule has 2 aromatic rings. The van der Waals surface area contributed by atoms with Gasteiger partial charge < -0.3 is 9.80 Å². The maximum atomic E-state index is 12.4. The molecule has 22 heavy (non-hydrogen) atoms. The Balaban J connectivity index is 1.55. The van der Waals surface area contributed by atoms with Crippen molar-refractivity contribution in [2.24, 2.45) is 0 Å². The average Bonchev–Trinajstić information content (AvgIpc) is 2.94. The molecule has 6 heteroatoms. The van der Waals surface area contributed by atoms with Crippen molar-refractivity contribution in [1.29, 1.82) is 0 Å². The molecule has 1 aliphatic heterocycles. The smallest absolute Gasteiger partial charge is 0.264 e. The van der Waals surface area contributed by atoms with Gasteiger partial charge in [-0.3, -0.25) is 4.79 Å². The van der Waals surface area contributed by atoms with Crippen LogP contribution in [-0.4, -0.2) is 37.0 Å². The van der Waals surface area contributed by atoms with E-state index in [4.69, 9.17) is 23.2 Å². The predicted octanol–water partition coefficient (Wildman–Crippen LogP) is 2.60. The van der Waals surface area contributed by atoms with Crippen LogP contribution < -0.4 is 4.90 Å². The van der Waals surface area contributed by atoms with E-state index in [1.165, 1.54) is 21.8 Å². The maximum absolute atomic E-state index is 12.4. The highest BCUT2D eigenvalue weighted by molar-refractivity contribution is 7.17. The van der Waals surface area contributed by atoms with E-state index in [0.717, 1.165) is 42.6 Å². The van der Waals surface area contributed by atoms with Crippen LogP contribution in [0.2, 0.25) is 9.36 Å². The topological polar surface area (TPSA) is 24.8 Å². The van der Waals surface area contributed by atoms with Crippen molar-refractivity contribution in [1.82, 2.24) is 4.90 Å². The van der Waals surface area contributed by atoms with Crippen LogP contribution in [0.4, 0.5) is 0 Å². The zero-order valence-electron chi connectivity index (χ0n) is 12.0. The first-order valence-electron chi connectivity index (χ1n) is 7.24. The van der Waals surface area contributed by atoms with Gasteiger partial charge in [-0.2, -0.15) is 0 Å². The summed E-state index contributed by atoms with van der Waals surface area (Å²) < 4.78 is 0.661. The van der Waals surface area contributed by atoms with Crippen molar-refractivity contribution in [2.75, 3.05) is 26.2 Å². The van der Waals surface area contributed by atoms with Crippen LogP contribution in [-0.2, 0) is 6.54 Å². The lowest BCUT2D eigenvalue weighted by Crippen LogP contribution is -3.13. The highest BCUT2D eigenvalue weighted by atomic mass is 35.5. The molecule has 1 fully saturated rings. The van der Waals surface area contributed by atoms with Crippen LogP contribution in [0, 0.1) is 0 Å². The fraction of sp³-hybridized carbons (Fsp3) is 0.312. The fourth-order valence-electron chi connectivity index (χ4n) is 2.72. The van der Waals surface area contributed by atoms with Gasteiger partial charge in [-0.1, -0.05) is 35.3 Å². The molecule has 0 saturated carbocycles. The van der Waals surface area contributed by atoms with Gasteiger partial charge in [-0.15, -0.1) is 11.3 Å². The van der Waals surface area contributed by atoms with Gasteiger partial charge in [0, 0.05) is 10.6 Å². The highest BCUT2D eigenvalue weighted by Gasteiger charge is 2.25. The number of halogens is 2. The van der Waals surface area contributed by atoms with Gasteiger partial charge in [-0.05, 0) is 24.3 Å². The van der Waals surface area contributed by atoms with Crippen molar-refractivity contribution in [2.45, 2.75) is 6.54 Å². The lowest BCUT2D eigenvalue weighted by Gasteiger charge is -2.32. The normalized spacial score (nSPS) is 16.0. The summed E-state index contributed by atoms with van der Waals surface area (Å²) in [7, 11) is 0. The summed E-state index contributed by atoms with van der Waals surface area (Å²) in [4.78, 5) is 16.5. The number of carbonyl (C=O) groups excluding carboxylic acids is 1. The Hall–Kier alpha value is -1.07. The molecule has 1 N–H and O–H groups in total. The summed E-state index contributed by atoms with van der Waals surface area (Å²) in [6, 6.07) is 11.6. The van der Waals surface area contributed by atoms with E-state index in [-0.39, 0.29) is 5.91 Å². The molecule has 1 aliphatic rings. The van der Waals surface area contributed by atoms with Crippen molar-refractivity contribution in [3.05, 3.63) is 56.2 Å². The molecule has 116 valence electrons. The first-order chi connectivity index (χ1) is 10.6. The van der Waals surface area contributed by atoms with Crippen LogP contribution in [0.3, 0.4) is 0 Å². The lowest BCUT2D eigenvalue weighted by molar-refractivity contribution is -0.917. The van der Waals surface area contributed by atoms with Crippen molar-refractivity contribution >= 4 is 40.4 Å². The van der Waals surface area contributed by atoms with E-state index < -0.39 is 0 Å². The van der Waals surface area contributed by atoms with Gasteiger partial charge in [-0.25, -0.2) is 0 Å². The number of nitrogens with one attached hydrogen (secondary N) is 1. The first-order valence-corrected chi connectivity index (χ1v) is 8.82. The largest absolute Gasteiger partial charge is 0.328 e. The molecule has 0 radical (unpaired) electrons. The quantitative estimate of drug-likeness (QED) is 0.899. The van der Waals surface area contributed by atoms with E-state index in [1.54, 1.807) is 12.1 Å². The zero-order valence-corrected chi connectivity index (χ0v) is 14.3. The third-order valence-corrected chi connectivity index (χ3v) is 5.34. The van der Waals surface area contributed by atoms with E-state index >= 15 is 0 Å². The molecule has 0 aliphatic carbocycles. The minimum Gasteiger partial charge on any atom is -0.328 e. The van der Waals surface area contributed by atoms with E-state index in [2.05, 4.69) is 6.07 Å². The third kappa shape index (κ3) is 3.82. The SMILES string of the molecule is O=C(c1ccc(Cl)s1)N1CC[NH+](Cc2cccc(Cl)c2)CC1. The molecular formula is C16H17Cl2N2OS+. The lowest BCUT2D eigenvalue weighted by atomic mass is 10.2. The summed E-state index contributed by atoms with van der Waals surface area (Å²) in [5.74, 6) is 0.0960. The Kier molecular flexibility index (Phi) is 5.03. The number of quaternary nitrogens is 1. The Morgan fingerprint density at radius 3 is 2.59 bits per heavy atom. The Morgan fingerprint density at radius 2 is 1.95 bits per heavy atom. The second kappa shape index (κ2) is 7.01. The van der Waals surface area contributed by atoms with Gasteiger partial charge in [0.05, 0.1) is 35.4 Å². The Morgan fingerprint density at radius 1 is 1.18 bits per heavy atom. The van der Waals surface area contributed by atoms with Gasteiger partial charge in [0.2, 0.25) is 0 Å². The van der Waals surface area contributed by atoms with E-state index in [0.29, 0.717) is 4.34 Å². The number of carbonyl (C=O) groups is 1. The highest BCUT2D eigenvalue weighted by Crippen LogP contribution is 2.22. The second-order valence-corrected chi connectivity index (χ2v) is 7.60. The zero-order chi connectivity index (χ0) is 15.5.